The number of ether oxygens (including phenoxy) is 2. The minimum atomic E-state index is -0.307. The van der Waals surface area contributed by atoms with E-state index in [0.29, 0.717) is 54.3 Å². The van der Waals surface area contributed by atoms with E-state index in [-0.39, 0.29) is 17.6 Å². The van der Waals surface area contributed by atoms with Crippen molar-refractivity contribution in [1.82, 2.24) is 15.1 Å². The molecule has 0 radical (unpaired) electrons. The second kappa shape index (κ2) is 8.96. The highest BCUT2D eigenvalue weighted by atomic mass is 19.1. The predicted molar refractivity (Wildman–Crippen MR) is 114 cm³/mol. The van der Waals surface area contributed by atoms with Crippen LogP contribution in [0.15, 0.2) is 46.9 Å². The number of piperidine rings is 1. The quantitative estimate of drug-likeness (QED) is 0.652. The third-order valence-electron chi connectivity index (χ3n) is 5.66. The number of halogens is 1. The SMILES string of the molecule is O=C(CN1CCC(c2nnc(-c3ccc(F)cc3)o2)CC1)Nc1ccc2c(c1)OCCO2. The topological polar surface area (TPSA) is 89.7 Å². The van der Waals surface area contributed by atoms with Crippen LogP contribution in [0.4, 0.5) is 10.1 Å². The molecule has 0 aliphatic carbocycles. The van der Waals surface area contributed by atoms with Crippen LogP contribution in [-0.4, -0.2) is 53.9 Å². The van der Waals surface area contributed by atoms with Gasteiger partial charge in [-0.2, -0.15) is 0 Å². The van der Waals surface area contributed by atoms with Crippen molar-refractivity contribution in [2.75, 3.05) is 38.2 Å². The van der Waals surface area contributed by atoms with Crippen molar-refractivity contribution in [2.45, 2.75) is 18.8 Å². The van der Waals surface area contributed by atoms with Gasteiger partial charge in [0.1, 0.15) is 19.0 Å². The van der Waals surface area contributed by atoms with Gasteiger partial charge in [0.15, 0.2) is 11.5 Å². The van der Waals surface area contributed by atoms with Crippen LogP contribution in [0, 0.1) is 5.82 Å². The predicted octanol–water partition coefficient (Wildman–Crippen LogP) is 3.47. The number of nitrogens with one attached hydrogen (secondary N) is 1. The summed E-state index contributed by atoms with van der Waals surface area (Å²) in [6, 6.07) is 11.4. The van der Waals surface area contributed by atoms with Crippen LogP contribution in [0.2, 0.25) is 0 Å². The van der Waals surface area contributed by atoms with Crippen molar-refractivity contribution < 1.29 is 23.1 Å². The molecule has 32 heavy (non-hydrogen) atoms. The zero-order valence-electron chi connectivity index (χ0n) is 17.4. The van der Waals surface area contributed by atoms with E-state index in [4.69, 9.17) is 13.9 Å². The number of nitrogens with zero attached hydrogens (tertiary/aromatic N) is 3. The minimum absolute atomic E-state index is 0.0727. The zero-order chi connectivity index (χ0) is 21.9. The largest absolute Gasteiger partial charge is 0.486 e. The Morgan fingerprint density at radius 3 is 2.56 bits per heavy atom. The maximum Gasteiger partial charge on any atom is 0.247 e. The maximum absolute atomic E-state index is 13.1. The molecule has 2 aliphatic heterocycles. The Balaban J connectivity index is 1.12. The smallest absolute Gasteiger partial charge is 0.247 e. The Hall–Kier alpha value is -3.46. The van der Waals surface area contributed by atoms with Gasteiger partial charge in [-0.1, -0.05) is 0 Å². The minimum Gasteiger partial charge on any atom is -0.486 e. The number of aromatic nitrogens is 2. The van der Waals surface area contributed by atoms with Crippen LogP contribution in [0.5, 0.6) is 11.5 Å². The first kappa shape index (κ1) is 20.4. The maximum atomic E-state index is 13.1. The van der Waals surface area contributed by atoms with E-state index in [1.54, 1.807) is 24.3 Å². The fourth-order valence-corrected chi connectivity index (χ4v) is 3.97. The van der Waals surface area contributed by atoms with Gasteiger partial charge in [-0.3, -0.25) is 9.69 Å². The molecule has 0 unspecified atom stereocenters. The van der Waals surface area contributed by atoms with Crippen molar-refractivity contribution in [3.05, 3.63) is 54.2 Å². The number of hydrogen-bond donors (Lipinski definition) is 1. The molecule has 0 bridgehead atoms. The molecule has 5 rings (SSSR count). The van der Waals surface area contributed by atoms with Gasteiger partial charge >= 0.3 is 0 Å². The molecule has 1 saturated heterocycles. The summed E-state index contributed by atoms with van der Waals surface area (Å²) in [7, 11) is 0. The summed E-state index contributed by atoms with van der Waals surface area (Å²) >= 11 is 0. The van der Waals surface area contributed by atoms with E-state index in [9.17, 15) is 9.18 Å². The molecule has 1 aromatic heterocycles. The average molecular weight is 438 g/mol. The van der Waals surface area contributed by atoms with Crippen molar-refractivity contribution in [1.29, 1.82) is 0 Å². The molecule has 1 amide bonds. The van der Waals surface area contributed by atoms with Gasteiger partial charge in [-0.15, -0.1) is 10.2 Å². The van der Waals surface area contributed by atoms with E-state index in [2.05, 4.69) is 20.4 Å². The molecule has 0 spiro atoms. The van der Waals surface area contributed by atoms with Crippen LogP contribution in [-0.2, 0) is 4.79 Å². The van der Waals surface area contributed by atoms with E-state index in [1.807, 2.05) is 6.07 Å². The number of carbonyl (C=O) groups is 1. The Bertz CT molecular complexity index is 1090. The standard InChI is InChI=1S/C23H23FN4O4/c24-17-3-1-15(2-4-17)22-26-27-23(32-22)16-7-9-28(10-8-16)14-21(29)25-18-5-6-19-20(13-18)31-12-11-30-19/h1-6,13,16H,7-12,14H2,(H,25,29). The van der Waals surface area contributed by atoms with Crippen molar-refractivity contribution in [3.63, 3.8) is 0 Å². The van der Waals surface area contributed by atoms with E-state index in [0.717, 1.165) is 25.9 Å². The molecular formula is C23H23FN4O4. The number of amides is 1. The molecule has 2 aliphatic rings. The lowest BCUT2D eigenvalue weighted by atomic mass is 9.97. The van der Waals surface area contributed by atoms with Crippen molar-refractivity contribution in [3.8, 4) is 23.0 Å². The monoisotopic (exact) mass is 438 g/mol. The van der Waals surface area contributed by atoms with Gasteiger partial charge < -0.3 is 19.2 Å². The lowest BCUT2D eigenvalue weighted by Gasteiger charge is -2.29. The van der Waals surface area contributed by atoms with Crippen LogP contribution in [0.1, 0.15) is 24.7 Å². The Morgan fingerprint density at radius 1 is 1.03 bits per heavy atom. The first-order chi connectivity index (χ1) is 15.6. The van der Waals surface area contributed by atoms with Gasteiger partial charge in [0.2, 0.25) is 17.7 Å². The van der Waals surface area contributed by atoms with Crippen LogP contribution in [0.3, 0.4) is 0 Å². The summed E-state index contributed by atoms with van der Waals surface area (Å²) in [6.07, 6.45) is 1.64. The number of anilines is 1. The number of fused-ring (bicyclic) bond motifs is 1. The highest BCUT2D eigenvalue weighted by Crippen LogP contribution is 2.33. The number of carbonyl (C=O) groups excluding carboxylic acids is 1. The summed E-state index contributed by atoms with van der Waals surface area (Å²) in [5.74, 6) is 2.09. The van der Waals surface area contributed by atoms with E-state index >= 15 is 0 Å². The van der Waals surface area contributed by atoms with Crippen LogP contribution < -0.4 is 14.8 Å². The second-order valence-corrected chi connectivity index (χ2v) is 7.91. The Labute approximate surface area is 184 Å². The molecule has 8 nitrogen and oxygen atoms in total. The molecule has 166 valence electrons. The van der Waals surface area contributed by atoms with Crippen molar-refractivity contribution in [2.24, 2.45) is 0 Å². The van der Waals surface area contributed by atoms with Gasteiger partial charge in [0, 0.05) is 23.2 Å². The lowest BCUT2D eigenvalue weighted by Crippen LogP contribution is -2.38. The third-order valence-corrected chi connectivity index (χ3v) is 5.66. The number of likely N-dealkylation sites (tertiary alicyclic amines) is 1. The number of benzene rings is 2. The molecule has 1 fully saturated rings. The van der Waals surface area contributed by atoms with Gasteiger partial charge in [0.25, 0.3) is 0 Å². The van der Waals surface area contributed by atoms with E-state index < -0.39 is 0 Å². The summed E-state index contributed by atoms with van der Waals surface area (Å²) in [4.78, 5) is 14.6. The highest BCUT2D eigenvalue weighted by molar-refractivity contribution is 5.92. The Morgan fingerprint density at radius 2 is 1.78 bits per heavy atom. The van der Waals surface area contributed by atoms with Gasteiger partial charge in [-0.25, -0.2) is 4.39 Å². The third kappa shape index (κ3) is 4.57. The van der Waals surface area contributed by atoms with Gasteiger partial charge in [0.05, 0.1) is 6.54 Å². The normalized spacial score (nSPS) is 16.7. The molecule has 3 aromatic rings. The number of rotatable bonds is 5. The molecule has 0 saturated carbocycles. The Kier molecular flexibility index (Phi) is 5.72. The summed E-state index contributed by atoms with van der Waals surface area (Å²) in [5.41, 5.74) is 1.38. The van der Waals surface area contributed by atoms with Crippen LogP contribution >= 0.6 is 0 Å². The summed E-state index contributed by atoms with van der Waals surface area (Å²) in [5, 5.41) is 11.2. The van der Waals surface area contributed by atoms with E-state index in [1.165, 1.54) is 12.1 Å². The van der Waals surface area contributed by atoms with Crippen LogP contribution in [0.25, 0.3) is 11.5 Å². The second-order valence-electron chi connectivity index (χ2n) is 7.91. The first-order valence-electron chi connectivity index (χ1n) is 10.7. The zero-order valence-corrected chi connectivity index (χ0v) is 17.4. The number of hydrogen-bond acceptors (Lipinski definition) is 7. The van der Waals surface area contributed by atoms with Gasteiger partial charge in [-0.05, 0) is 62.3 Å². The highest BCUT2D eigenvalue weighted by Gasteiger charge is 2.26. The molecule has 1 N–H and O–H groups in total. The van der Waals surface area contributed by atoms with Crippen molar-refractivity contribution >= 4 is 11.6 Å². The molecule has 2 aromatic carbocycles. The fourth-order valence-electron chi connectivity index (χ4n) is 3.97. The molecule has 3 heterocycles. The molecule has 0 atom stereocenters. The lowest BCUT2D eigenvalue weighted by molar-refractivity contribution is -0.117. The average Bonchev–Trinajstić information content (AvgIpc) is 3.30. The summed E-state index contributed by atoms with van der Waals surface area (Å²) < 4.78 is 30.0. The molecular weight excluding hydrogens is 415 g/mol. The molecule has 9 heteroatoms. The first-order valence-corrected chi connectivity index (χ1v) is 10.7. The fraction of sp³-hybridized carbons (Fsp3) is 0.348. The summed E-state index contributed by atoms with van der Waals surface area (Å²) in [6.45, 7) is 2.86.